The van der Waals surface area contributed by atoms with Gasteiger partial charge >= 0.3 is 5.69 Å². The molecule has 4 rings (SSSR count). The minimum Gasteiger partial charge on any atom is -0.483 e. The summed E-state index contributed by atoms with van der Waals surface area (Å²) in [5.74, 6) is 0.295. The van der Waals surface area contributed by atoms with Gasteiger partial charge in [-0.15, -0.1) is 11.3 Å². The highest BCUT2D eigenvalue weighted by atomic mass is 32.1. The number of nitro groups is 1. The molecule has 1 atom stereocenters. The van der Waals surface area contributed by atoms with Crippen LogP contribution in [0.5, 0.6) is 5.75 Å². The molecular formula is C26H28N2O4S. The predicted molar refractivity (Wildman–Crippen MR) is 131 cm³/mol. The smallest absolute Gasteiger partial charge is 0.310 e. The lowest BCUT2D eigenvalue weighted by molar-refractivity contribution is -0.385. The molecule has 3 aromatic rings. The van der Waals surface area contributed by atoms with E-state index in [1.165, 1.54) is 16.5 Å². The van der Waals surface area contributed by atoms with Crippen LogP contribution >= 0.6 is 11.3 Å². The van der Waals surface area contributed by atoms with Gasteiger partial charge in [-0.3, -0.25) is 15.0 Å². The minimum atomic E-state index is -0.425. The average Bonchev–Trinajstić information content (AvgIpc) is 3.38. The predicted octanol–water partition coefficient (Wildman–Crippen LogP) is 5.86. The molecular weight excluding hydrogens is 436 g/mol. The average molecular weight is 465 g/mol. The number of para-hydroxylation sites is 2. The highest BCUT2D eigenvalue weighted by Crippen LogP contribution is 2.32. The molecule has 2 aromatic carbocycles. The van der Waals surface area contributed by atoms with Crippen molar-refractivity contribution < 1.29 is 14.4 Å². The number of thiophene rings is 1. The van der Waals surface area contributed by atoms with Crippen molar-refractivity contribution >= 4 is 17.0 Å². The van der Waals surface area contributed by atoms with E-state index in [9.17, 15) is 10.1 Å². The van der Waals surface area contributed by atoms with Gasteiger partial charge in [0.1, 0.15) is 12.7 Å². The highest BCUT2D eigenvalue weighted by Gasteiger charge is 2.24. The van der Waals surface area contributed by atoms with Gasteiger partial charge in [-0.05, 0) is 35.9 Å². The van der Waals surface area contributed by atoms with E-state index < -0.39 is 4.92 Å². The molecule has 1 unspecified atom stereocenters. The molecule has 0 aliphatic carbocycles. The van der Waals surface area contributed by atoms with Gasteiger partial charge in [-0.25, -0.2) is 0 Å². The molecule has 1 aromatic heterocycles. The van der Waals surface area contributed by atoms with E-state index in [4.69, 9.17) is 9.47 Å². The maximum absolute atomic E-state index is 11.0. The Morgan fingerprint density at radius 3 is 2.52 bits per heavy atom. The van der Waals surface area contributed by atoms with Crippen LogP contribution in [0.2, 0.25) is 0 Å². The third-order valence-electron chi connectivity index (χ3n) is 5.69. The Labute approximate surface area is 198 Å². The second-order valence-electron chi connectivity index (χ2n) is 7.95. The van der Waals surface area contributed by atoms with E-state index in [2.05, 4.69) is 52.8 Å². The summed E-state index contributed by atoms with van der Waals surface area (Å²) in [5.41, 5.74) is 1.19. The number of hydrogen-bond donors (Lipinski definition) is 0. The van der Waals surface area contributed by atoms with Crippen molar-refractivity contribution in [3.8, 4) is 5.75 Å². The number of hydrogen-bond acceptors (Lipinski definition) is 6. The van der Waals surface area contributed by atoms with Crippen LogP contribution in [0.25, 0.3) is 0 Å². The standard InChI is InChI=1S/C26H28N2O4S/c29-28(30)23-11-4-5-12-24(23)31-19-7-6-16-27-17-14-22(15-18-27)32-26(25-13-8-20-33-25)21-9-2-1-3-10-21/h1-13,20,22,26H,14-19H2/b7-6-. The summed E-state index contributed by atoms with van der Waals surface area (Å²) in [7, 11) is 0. The van der Waals surface area contributed by atoms with E-state index in [0.717, 1.165) is 32.5 Å². The first kappa shape index (κ1) is 23.2. The van der Waals surface area contributed by atoms with E-state index in [0.29, 0.717) is 12.4 Å². The Morgan fingerprint density at radius 2 is 1.79 bits per heavy atom. The number of likely N-dealkylation sites (tertiary alicyclic amines) is 1. The third kappa shape index (κ3) is 6.51. The fraction of sp³-hybridized carbons (Fsp3) is 0.308. The lowest BCUT2D eigenvalue weighted by Crippen LogP contribution is -2.37. The van der Waals surface area contributed by atoms with Crippen LogP contribution in [0.1, 0.15) is 29.4 Å². The van der Waals surface area contributed by atoms with Crippen molar-refractivity contribution in [3.05, 3.63) is 105 Å². The minimum absolute atomic E-state index is 0.00988. The Morgan fingerprint density at radius 1 is 1.03 bits per heavy atom. The summed E-state index contributed by atoms with van der Waals surface area (Å²) in [6, 6.07) is 21.1. The Bertz CT molecular complexity index is 1030. The molecule has 0 spiro atoms. The zero-order valence-electron chi connectivity index (χ0n) is 18.4. The van der Waals surface area contributed by atoms with E-state index >= 15 is 0 Å². The topological polar surface area (TPSA) is 64.8 Å². The van der Waals surface area contributed by atoms with Crippen LogP contribution < -0.4 is 4.74 Å². The molecule has 1 saturated heterocycles. The van der Waals surface area contributed by atoms with Gasteiger partial charge in [-0.1, -0.05) is 60.7 Å². The molecule has 1 aliphatic rings. The van der Waals surface area contributed by atoms with Gasteiger partial charge in [0.2, 0.25) is 0 Å². The maximum Gasteiger partial charge on any atom is 0.310 e. The highest BCUT2D eigenvalue weighted by molar-refractivity contribution is 7.10. The molecule has 0 saturated carbocycles. The molecule has 0 bridgehead atoms. The van der Waals surface area contributed by atoms with Crippen LogP contribution in [0.3, 0.4) is 0 Å². The van der Waals surface area contributed by atoms with Gasteiger partial charge in [0.25, 0.3) is 0 Å². The Balaban J connectivity index is 1.22. The SMILES string of the molecule is O=[N+]([O-])c1ccccc1OC/C=C\CN1CCC(OC(c2ccccc2)c2cccs2)CC1. The van der Waals surface area contributed by atoms with Crippen molar-refractivity contribution in [2.45, 2.75) is 25.0 Å². The summed E-state index contributed by atoms with van der Waals surface area (Å²) in [6.45, 7) is 3.10. The first-order chi connectivity index (χ1) is 16.2. The Hall–Kier alpha value is -3.00. The van der Waals surface area contributed by atoms with Gasteiger partial charge in [0.15, 0.2) is 5.75 Å². The number of ether oxygens (including phenoxy) is 2. The number of piperidine rings is 1. The molecule has 1 aliphatic heterocycles. The first-order valence-electron chi connectivity index (χ1n) is 11.2. The molecule has 0 radical (unpaired) electrons. The van der Waals surface area contributed by atoms with Crippen LogP contribution in [-0.2, 0) is 4.74 Å². The largest absolute Gasteiger partial charge is 0.483 e. The van der Waals surface area contributed by atoms with Crippen LogP contribution in [0.4, 0.5) is 5.69 Å². The molecule has 7 heteroatoms. The van der Waals surface area contributed by atoms with Crippen molar-refractivity contribution in [2.75, 3.05) is 26.2 Å². The molecule has 0 N–H and O–H groups in total. The second-order valence-corrected chi connectivity index (χ2v) is 8.93. The monoisotopic (exact) mass is 464 g/mol. The molecule has 6 nitrogen and oxygen atoms in total. The Kier molecular flexibility index (Phi) is 8.24. The number of nitro benzene ring substituents is 1. The van der Waals surface area contributed by atoms with Crippen LogP contribution in [0.15, 0.2) is 84.3 Å². The fourth-order valence-corrected chi connectivity index (χ4v) is 4.74. The third-order valence-corrected chi connectivity index (χ3v) is 6.61. The van der Waals surface area contributed by atoms with E-state index in [1.807, 2.05) is 12.1 Å². The van der Waals surface area contributed by atoms with E-state index in [1.54, 1.807) is 29.5 Å². The van der Waals surface area contributed by atoms with Crippen LogP contribution in [-0.4, -0.2) is 42.2 Å². The summed E-state index contributed by atoms with van der Waals surface area (Å²) < 4.78 is 12.1. The summed E-state index contributed by atoms with van der Waals surface area (Å²) >= 11 is 1.74. The van der Waals surface area contributed by atoms with Crippen molar-refractivity contribution in [2.24, 2.45) is 0 Å². The molecule has 33 heavy (non-hydrogen) atoms. The maximum atomic E-state index is 11.0. The summed E-state index contributed by atoms with van der Waals surface area (Å²) in [4.78, 5) is 14.3. The van der Waals surface area contributed by atoms with E-state index in [-0.39, 0.29) is 17.9 Å². The normalized spacial score (nSPS) is 16.1. The summed E-state index contributed by atoms with van der Waals surface area (Å²) in [5, 5.41) is 13.1. The van der Waals surface area contributed by atoms with Crippen LogP contribution in [0, 0.1) is 10.1 Å². The van der Waals surface area contributed by atoms with Gasteiger partial charge < -0.3 is 9.47 Å². The van der Waals surface area contributed by atoms with Crippen molar-refractivity contribution in [3.63, 3.8) is 0 Å². The quantitative estimate of drug-likeness (QED) is 0.214. The number of benzene rings is 2. The van der Waals surface area contributed by atoms with Gasteiger partial charge in [-0.2, -0.15) is 0 Å². The van der Waals surface area contributed by atoms with Crippen molar-refractivity contribution in [1.29, 1.82) is 0 Å². The van der Waals surface area contributed by atoms with Crippen molar-refractivity contribution in [1.82, 2.24) is 4.90 Å². The zero-order valence-corrected chi connectivity index (χ0v) is 19.2. The molecule has 0 amide bonds. The zero-order chi connectivity index (χ0) is 22.9. The van der Waals surface area contributed by atoms with Gasteiger partial charge in [0, 0.05) is 30.6 Å². The fourth-order valence-electron chi connectivity index (χ4n) is 3.96. The molecule has 1 fully saturated rings. The number of nitrogens with zero attached hydrogens (tertiary/aromatic N) is 2. The molecule has 172 valence electrons. The number of rotatable bonds is 10. The lowest BCUT2D eigenvalue weighted by Gasteiger charge is -2.33. The lowest BCUT2D eigenvalue weighted by atomic mass is 10.0. The second kappa shape index (κ2) is 11.7. The summed E-state index contributed by atoms with van der Waals surface area (Å²) in [6.07, 6.45) is 6.20. The molecule has 2 heterocycles. The first-order valence-corrected chi connectivity index (χ1v) is 12.1. The van der Waals surface area contributed by atoms with Gasteiger partial charge in [0.05, 0.1) is 11.0 Å².